The van der Waals surface area contributed by atoms with E-state index in [0.717, 1.165) is 0 Å². The van der Waals surface area contributed by atoms with E-state index >= 15 is 0 Å². The summed E-state index contributed by atoms with van der Waals surface area (Å²) in [6.07, 6.45) is 0. The van der Waals surface area contributed by atoms with Gasteiger partial charge >= 0.3 is 0 Å². The van der Waals surface area contributed by atoms with Gasteiger partial charge < -0.3 is 5.11 Å². The maximum absolute atomic E-state index is 8.70. The maximum Gasteiger partial charge on any atom is 0.115 e. The molecule has 0 aliphatic rings. The van der Waals surface area contributed by atoms with Crippen molar-refractivity contribution in [1.29, 1.82) is 0 Å². The molecular formula is C7H9ClO. The van der Waals surface area contributed by atoms with E-state index in [0.29, 0.717) is 5.02 Å². The minimum absolute atomic E-state index is 0. The molecule has 1 N–H and O–H groups in total. The van der Waals surface area contributed by atoms with Crippen LogP contribution in [0.25, 0.3) is 0 Å². The molecule has 0 aliphatic carbocycles. The smallest absolute Gasteiger partial charge is 0.115 e. The Morgan fingerprint density at radius 2 is 1.56 bits per heavy atom. The molecule has 1 rings (SSSR count). The second kappa shape index (κ2) is 3.36. The summed E-state index contributed by atoms with van der Waals surface area (Å²) in [5.41, 5.74) is 0. The number of hydrogen-bond acceptors (Lipinski definition) is 1. The van der Waals surface area contributed by atoms with E-state index in [-0.39, 0.29) is 13.2 Å². The van der Waals surface area contributed by atoms with Crippen molar-refractivity contribution in [3.8, 4) is 5.75 Å². The SMILES string of the molecule is C.Oc1ccc(Cl)cc1. The Morgan fingerprint density at radius 1 is 1.11 bits per heavy atom. The minimum atomic E-state index is 0. The van der Waals surface area contributed by atoms with Gasteiger partial charge in [-0.15, -0.1) is 0 Å². The predicted octanol–water partition coefficient (Wildman–Crippen LogP) is 2.68. The van der Waals surface area contributed by atoms with Gasteiger partial charge in [-0.1, -0.05) is 19.0 Å². The highest BCUT2D eigenvalue weighted by atomic mass is 35.5. The number of rotatable bonds is 0. The van der Waals surface area contributed by atoms with Gasteiger partial charge in [-0.2, -0.15) is 0 Å². The molecule has 1 aromatic carbocycles. The normalized spacial score (nSPS) is 8.11. The zero-order valence-corrected chi connectivity index (χ0v) is 4.89. The fourth-order valence-corrected chi connectivity index (χ4v) is 0.567. The number of hydrogen-bond donors (Lipinski definition) is 1. The molecule has 2 heteroatoms. The highest BCUT2D eigenvalue weighted by Gasteiger charge is 1.84. The standard InChI is InChI=1S/C6H5ClO.CH4/c7-5-1-3-6(8)4-2-5;/h1-4,8H;1H4. The molecule has 0 unspecified atom stereocenters. The van der Waals surface area contributed by atoms with E-state index in [9.17, 15) is 0 Å². The Morgan fingerprint density at radius 3 is 1.89 bits per heavy atom. The van der Waals surface area contributed by atoms with Gasteiger partial charge in [0.15, 0.2) is 0 Å². The Balaban J connectivity index is 0.000000640. The first-order chi connectivity index (χ1) is 3.79. The number of phenolic OH excluding ortho intramolecular Hbond substituents is 1. The van der Waals surface area contributed by atoms with Gasteiger partial charge in [0, 0.05) is 5.02 Å². The van der Waals surface area contributed by atoms with E-state index in [1.807, 2.05) is 0 Å². The largest absolute Gasteiger partial charge is 0.508 e. The first kappa shape index (κ1) is 8.31. The third-order valence-electron chi connectivity index (χ3n) is 0.827. The molecule has 0 fully saturated rings. The van der Waals surface area contributed by atoms with Gasteiger partial charge in [-0.05, 0) is 24.3 Å². The van der Waals surface area contributed by atoms with Crippen molar-refractivity contribution in [1.82, 2.24) is 0 Å². The molecule has 9 heavy (non-hydrogen) atoms. The molecule has 1 nitrogen and oxygen atoms in total. The van der Waals surface area contributed by atoms with Crippen LogP contribution in [0.3, 0.4) is 0 Å². The van der Waals surface area contributed by atoms with Gasteiger partial charge in [0.1, 0.15) is 5.75 Å². The van der Waals surface area contributed by atoms with Gasteiger partial charge in [0.25, 0.3) is 0 Å². The first-order valence-electron chi connectivity index (χ1n) is 2.23. The third kappa shape index (κ3) is 2.38. The summed E-state index contributed by atoms with van der Waals surface area (Å²) in [4.78, 5) is 0. The van der Waals surface area contributed by atoms with Crippen molar-refractivity contribution < 1.29 is 5.11 Å². The van der Waals surface area contributed by atoms with E-state index in [1.165, 1.54) is 0 Å². The molecule has 0 amide bonds. The van der Waals surface area contributed by atoms with Crippen LogP contribution in [-0.2, 0) is 0 Å². The lowest BCUT2D eigenvalue weighted by Gasteiger charge is -1.87. The van der Waals surface area contributed by atoms with E-state index in [2.05, 4.69) is 0 Å². The van der Waals surface area contributed by atoms with Crippen LogP contribution in [-0.4, -0.2) is 5.11 Å². The predicted molar refractivity (Wildman–Crippen MR) is 39.8 cm³/mol. The Labute approximate surface area is 59.9 Å². The third-order valence-corrected chi connectivity index (χ3v) is 1.08. The summed E-state index contributed by atoms with van der Waals surface area (Å²) < 4.78 is 0. The van der Waals surface area contributed by atoms with Crippen LogP contribution in [0.2, 0.25) is 5.02 Å². The molecular weight excluding hydrogens is 136 g/mol. The van der Waals surface area contributed by atoms with Crippen molar-refractivity contribution in [2.24, 2.45) is 0 Å². The number of phenols is 1. The summed E-state index contributed by atoms with van der Waals surface area (Å²) in [7, 11) is 0. The van der Waals surface area contributed by atoms with Crippen molar-refractivity contribution in [3.05, 3.63) is 29.3 Å². The van der Waals surface area contributed by atoms with Gasteiger partial charge in [0.2, 0.25) is 0 Å². The van der Waals surface area contributed by atoms with Gasteiger partial charge in [0.05, 0.1) is 0 Å². The average Bonchev–Trinajstić information content (AvgIpc) is 1.77. The van der Waals surface area contributed by atoms with E-state index in [1.54, 1.807) is 24.3 Å². The van der Waals surface area contributed by atoms with E-state index < -0.39 is 0 Å². The molecule has 0 saturated heterocycles. The Hall–Kier alpha value is -0.690. The van der Waals surface area contributed by atoms with Crippen LogP contribution in [0.15, 0.2) is 24.3 Å². The Bertz CT molecular complexity index is 148. The summed E-state index contributed by atoms with van der Waals surface area (Å²) in [5, 5.41) is 9.34. The second-order valence-corrected chi connectivity index (χ2v) is 1.91. The van der Waals surface area contributed by atoms with Crippen LogP contribution in [0, 0.1) is 0 Å². The van der Waals surface area contributed by atoms with Crippen molar-refractivity contribution in [3.63, 3.8) is 0 Å². The summed E-state index contributed by atoms with van der Waals surface area (Å²) in [6, 6.07) is 6.36. The lowest BCUT2D eigenvalue weighted by atomic mass is 10.3. The van der Waals surface area contributed by atoms with Crippen LogP contribution in [0.1, 0.15) is 7.43 Å². The van der Waals surface area contributed by atoms with Gasteiger partial charge in [-0.3, -0.25) is 0 Å². The summed E-state index contributed by atoms with van der Waals surface area (Å²) >= 11 is 5.50. The van der Waals surface area contributed by atoms with Crippen LogP contribution >= 0.6 is 11.6 Å². The van der Waals surface area contributed by atoms with E-state index in [4.69, 9.17) is 16.7 Å². The Kier molecular flexibility index (Phi) is 3.10. The van der Waals surface area contributed by atoms with Gasteiger partial charge in [-0.25, -0.2) is 0 Å². The fourth-order valence-electron chi connectivity index (χ4n) is 0.441. The van der Waals surface area contributed by atoms with Crippen molar-refractivity contribution in [2.45, 2.75) is 7.43 Å². The lowest BCUT2D eigenvalue weighted by Crippen LogP contribution is -1.61. The molecule has 0 atom stereocenters. The number of aromatic hydroxyl groups is 1. The van der Waals surface area contributed by atoms with Crippen LogP contribution < -0.4 is 0 Å². The average molecular weight is 145 g/mol. The monoisotopic (exact) mass is 144 g/mol. The maximum atomic E-state index is 8.70. The summed E-state index contributed by atoms with van der Waals surface area (Å²) in [6.45, 7) is 0. The molecule has 0 radical (unpaired) electrons. The zero-order chi connectivity index (χ0) is 5.98. The topological polar surface area (TPSA) is 20.2 Å². The fraction of sp³-hybridized carbons (Fsp3) is 0.143. The first-order valence-corrected chi connectivity index (χ1v) is 2.61. The van der Waals surface area contributed by atoms with Crippen LogP contribution in [0.4, 0.5) is 0 Å². The highest BCUT2D eigenvalue weighted by Crippen LogP contribution is 2.12. The minimum Gasteiger partial charge on any atom is -0.508 e. The number of benzene rings is 1. The molecule has 50 valence electrons. The molecule has 1 aromatic rings. The van der Waals surface area contributed by atoms with Crippen LogP contribution in [0.5, 0.6) is 5.75 Å². The van der Waals surface area contributed by atoms with Crippen molar-refractivity contribution in [2.75, 3.05) is 0 Å². The molecule has 0 aliphatic heterocycles. The molecule has 0 saturated carbocycles. The molecule has 0 heterocycles. The molecule has 0 aromatic heterocycles. The number of halogens is 1. The second-order valence-electron chi connectivity index (χ2n) is 1.48. The zero-order valence-electron chi connectivity index (χ0n) is 4.13. The lowest BCUT2D eigenvalue weighted by molar-refractivity contribution is 0.475. The quantitative estimate of drug-likeness (QED) is 0.594. The molecule has 0 spiro atoms. The summed E-state index contributed by atoms with van der Waals surface area (Å²) in [5.74, 6) is 0.245. The van der Waals surface area contributed by atoms with Crippen molar-refractivity contribution >= 4 is 11.6 Å². The molecule has 0 bridgehead atoms. The highest BCUT2D eigenvalue weighted by molar-refractivity contribution is 6.30.